The number of nitrogens with one attached hydrogen (secondary N) is 2. The van der Waals surface area contributed by atoms with E-state index >= 15 is 0 Å². The molecule has 1 aromatic carbocycles. The second-order valence-corrected chi connectivity index (χ2v) is 8.00. The molecule has 2 aromatic rings. The number of piperazine rings is 1. The zero-order valence-corrected chi connectivity index (χ0v) is 17.9. The molecular formula is C22H32N6O2. The van der Waals surface area contributed by atoms with Crippen molar-refractivity contribution in [1.82, 2.24) is 30.2 Å². The average Bonchev–Trinajstić information content (AvgIpc) is 3.18. The lowest BCUT2D eigenvalue weighted by atomic mass is 10.2. The number of hydrogen-bond donors (Lipinski definition) is 2. The van der Waals surface area contributed by atoms with Crippen LogP contribution in [0, 0.1) is 0 Å². The van der Waals surface area contributed by atoms with Gasteiger partial charge in [0.25, 0.3) is 0 Å². The number of benzene rings is 1. The van der Waals surface area contributed by atoms with E-state index in [-0.39, 0.29) is 17.9 Å². The van der Waals surface area contributed by atoms with Crippen LogP contribution in [-0.4, -0.2) is 83.2 Å². The maximum atomic E-state index is 12.3. The quantitative estimate of drug-likeness (QED) is 0.633. The summed E-state index contributed by atoms with van der Waals surface area (Å²) in [6, 6.07) is 10.1. The molecule has 1 aliphatic rings. The van der Waals surface area contributed by atoms with Gasteiger partial charge < -0.3 is 10.6 Å². The number of nitrogens with zero attached hydrogens (tertiary/aromatic N) is 4. The molecule has 0 bridgehead atoms. The first-order valence-corrected chi connectivity index (χ1v) is 10.6. The zero-order valence-electron chi connectivity index (χ0n) is 17.9. The highest BCUT2D eigenvalue weighted by Gasteiger charge is 2.20. The van der Waals surface area contributed by atoms with Gasteiger partial charge >= 0.3 is 0 Å². The third-order valence-corrected chi connectivity index (χ3v) is 5.04. The average molecular weight is 413 g/mol. The van der Waals surface area contributed by atoms with E-state index in [1.165, 1.54) is 0 Å². The van der Waals surface area contributed by atoms with Gasteiger partial charge in [-0.2, -0.15) is 5.10 Å². The summed E-state index contributed by atoms with van der Waals surface area (Å²) >= 11 is 0. The monoisotopic (exact) mass is 412 g/mol. The van der Waals surface area contributed by atoms with Gasteiger partial charge in [0, 0.05) is 45.0 Å². The van der Waals surface area contributed by atoms with E-state index in [1.807, 2.05) is 61.3 Å². The predicted octanol–water partition coefficient (Wildman–Crippen LogP) is 0.673. The van der Waals surface area contributed by atoms with E-state index < -0.39 is 0 Å². The van der Waals surface area contributed by atoms with Crippen LogP contribution in [0.5, 0.6) is 0 Å². The molecule has 3 rings (SSSR count). The van der Waals surface area contributed by atoms with Crippen molar-refractivity contribution >= 4 is 11.8 Å². The lowest BCUT2D eigenvalue weighted by Gasteiger charge is -2.33. The second-order valence-electron chi connectivity index (χ2n) is 8.00. The molecule has 2 N–H and O–H groups in total. The lowest BCUT2D eigenvalue weighted by Crippen LogP contribution is -2.52. The van der Waals surface area contributed by atoms with Crippen molar-refractivity contribution in [1.29, 1.82) is 0 Å². The molecule has 0 atom stereocenters. The largest absolute Gasteiger partial charge is 0.355 e. The van der Waals surface area contributed by atoms with Crippen molar-refractivity contribution in [3.05, 3.63) is 48.3 Å². The normalized spacial score (nSPS) is 15.3. The summed E-state index contributed by atoms with van der Waals surface area (Å²) in [4.78, 5) is 28.4. The number of hydrogen-bond acceptors (Lipinski definition) is 5. The Morgan fingerprint density at radius 1 is 1.00 bits per heavy atom. The first kappa shape index (κ1) is 22.0. The molecule has 8 nitrogen and oxygen atoms in total. The van der Waals surface area contributed by atoms with E-state index in [0.29, 0.717) is 19.6 Å². The molecule has 1 saturated heterocycles. The van der Waals surface area contributed by atoms with Crippen LogP contribution in [0.4, 0.5) is 0 Å². The minimum atomic E-state index is 0.0384. The summed E-state index contributed by atoms with van der Waals surface area (Å²) in [5.41, 5.74) is 2.11. The van der Waals surface area contributed by atoms with Crippen LogP contribution in [0.3, 0.4) is 0 Å². The van der Waals surface area contributed by atoms with Crippen LogP contribution in [0.15, 0.2) is 42.7 Å². The van der Waals surface area contributed by atoms with Gasteiger partial charge in [-0.15, -0.1) is 0 Å². The van der Waals surface area contributed by atoms with Gasteiger partial charge in [0.2, 0.25) is 11.8 Å². The molecule has 2 amide bonds. The van der Waals surface area contributed by atoms with Crippen molar-refractivity contribution in [3.63, 3.8) is 0 Å². The Morgan fingerprint density at radius 3 is 2.27 bits per heavy atom. The summed E-state index contributed by atoms with van der Waals surface area (Å²) in [7, 11) is 0. The third kappa shape index (κ3) is 6.96. The van der Waals surface area contributed by atoms with Gasteiger partial charge in [0.05, 0.1) is 25.0 Å². The van der Waals surface area contributed by atoms with E-state index in [0.717, 1.165) is 43.9 Å². The van der Waals surface area contributed by atoms with Crippen LogP contribution in [0.25, 0.3) is 5.69 Å². The minimum absolute atomic E-state index is 0.0384. The van der Waals surface area contributed by atoms with E-state index in [2.05, 4.69) is 25.5 Å². The lowest BCUT2D eigenvalue weighted by molar-refractivity contribution is -0.125. The van der Waals surface area contributed by atoms with Gasteiger partial charge in [0.1, 0.15) is 0 Å². The highest BCUT2D eigenvalue weighted by molar-refractivity contribution is 5.78. The molecule has 0 spiro atoms. The SMILES string of the molecule is CC(C)NC(=O)CN1CCN(CC(=O)NCCc2cnn(-c3ccccc3)c2)CC1. The highest BCUT2D eigenvalue weighted by Crippen LogP contribution is 2.08. The topological polar surface area (TPSA) is 82.5 Å². The summed E-state index contributed by atoms with van der Waals surface area (Å²) in [5.74, 6) is 0.100. The van der Waals surface area contributed by atoms with Crippen molar-refractivity contribution < 1.29 is 9.59 Å². The van der Waals surface area contributed by atoms with Gasteiger partial charge in [-0.25, -0.2) is 4.68 Å². The zero-order chi connectivity index (χ0) is 21.3. The van der Waals surface area contributed by atoms with Crippen LogP contribution >= 0.6 is 0 Å². The fourth-order valence-corrected chi connectivity index (χ4v) is 3.49. The highest BCUT2D eigenvalue weighted by atomic mass is 16.2. The fourth-order valence-electron chi connectivity index (χ4n) is 3.49. The molecule has 0 saturated carbocycles. The third-order valence-electron chi connectivity index (χ3n) is 5.04. The predicted molar refractivity (Wildman–Crippen MR) is 116 cm³/mol. The number of rotatable bonds is 9. The smallest absolute Gasteiger partial charge is 0.234 e. The summed E-state index contributed by atoms with van der Waals surface area (Å²) in [6.07, 6.45) is 4.58. The molecule has 1 fully saturated rings. The molecule has 0 radical (unpaired) electrons. The Balaban J connectivity index is 1.32. The Kier molecular flexibility index (Phi) is 7.98. The maximum Gasteiger partial charge on any atom is 0.234 e. The number of aromatic nitrogens is 2. The molecule has 30 heavy (non-hydrogen) atoms. The maximum absolute atomic E-state index is 12.3. The Labute approximate surface area is 178 Å². The van der Waals surface area contributed by atoms with Crippen LogP contribution in [-0.2, 0) is 16.0 Å². The van der Waals surface area contributed by atoms with Gasteiger partial charge in [-0.1, -0.05) is 18.2 Å². The molecule has 162 valence electrons. The van der Waals surface area contributed by atoms with Crippen LogP contribution in [0.2, 0.25) is 0 Å². The summed E-state index contributed by atoms with van der Waals surface area (Å²) in [6.45, 7) is 8.54. The van der Waals surface area contributed by atoms with Crippen molar-refractivity contribution in [2.45, 2.75) is 26.3 Å². The second kappa shape index (κ2) is 10.9. The number of amides is 2. The van der Waals surface area contributed by atoms with Crippen LogP contribution < -0.4 is 10.6 Å². The van der Waals surface area contributed by atoms with E-state index in [4.69, 9.17) is 0 Å². The Bertz CT molecular complexity index is 812. The summed E-state index contributed by atoms with van der Waals surface area (Å²) in [5, 5.41) is 10.3. The van der Waals surface area contributed by atoms with Crippen molar-refractivity contribution in [2.75, 3.05) is 45.8 Å². The number of carbonyl (C=O) groups excluding carboxylic acids is 2. The van der Waals surface area contributed by atoms with E-state index in [1.54, 1.807) is 0 Å². The van der Waals surface area contributed by atoms with Gasteiger partial charge in [-0.05, 0) is 38.0 Å². The molecule has 1 aliphatic heterocycles. The van der Waals surface area contributed by atoms with Crippen molar-refractivity contribution in [3.8, 4) is 5.69 Å². The fraction of sp³-hybridized carbons (Fsp3) is 0.500. The molecule has 1 aromatic heterocycles. The van der Waals surface area contributed by atoms with Gasteiger partial charge in [0.15, 0.2) is 0 Å². The molecule has 2 heterocycles. The van der Waals surface area contributed by atoms with Crippen LogP contribution in [0.1, 0.15) is 19.4 Å². The molecular weight excluding hydrogens is 380 g/mol. The minimum Gasteiger partial charge on any atom is -0.355 e. The molecule has 8 heteroatoms. The number of para-hydroxylation sites is 1. The Hall–Kier alpha value is -2.71. The first-order chi connectivity index (χ1) is 14.5. The molecule has 0 unspecified atom stereocenters. The van der Waals surface area contributed by atoms with Crippen molar-refractivity contribution in [2.24, 2.45) is 0 Å². The standard InChI is InChI=1S/C22H32N6O2/c1-18(2)25-22(30)17-27-12-10-26(11-13-27)16-21(29)23-9-8-19-14-24-28(15-19)20-6-4-3-5-7-20/h3-7,14-15,18H,8-13,16-17H2,1-2H3,(H,23,29)(H,25,30). The first-order valence-electron chi connectivity index (χ1n) is 10.6. The Morgan fingerprint density at radius 2 is 1.63 bits per heavy atom. The number of carbonyl (C=O) groups is 2. The van der Waals surface area contributed by atoms with E-state index in [9.17, 15) is 9.59 Å². The summed E-state index contributed by atoms with van der Waals surface area (Å²) < 4.78 is 1.85. The van der Waals surface area contributed by atoms with Gasteiger partial charge in [-0.3, -0.25) is 19.4 Å². The molecule has 0 aliphatic carbocycles.